The van der Waals surface area contributed by atoms with Crippen LogP contribution in [0, 0.1) is 0 Å². The molecule has 20 heavy (non-hydrogen) atoms. The van der Waals surface area contributed by atoms with Crippen LogP contribution in [0.1, 0.15) is 20.8 Å². The van der Waals surface area contributed by atoms with Gasteiger partial charge in [0.2, 0.25) is 0 Å². The molecule has 0 saturated carbocycles. The van der Waals surface area contributed by atoms with E-state index in [1.807, 2.05) is 51.1 Å². The minimum Gasteiger partial charge on any atom is -0.403 e. The standard InChI is InChI=1S/C15H24BNO3/c1-12(18)9-17-10-13(2)19-16(20-14(3)11-17)15-7-5-4-6-8-15/h4-8,12-14,18H,9-11H2,1-3H3. The van der Waals surface area contributed by atoms with E-state index in [4.69, 9.17) is 9.31 Å². The topological polar surface area (TPSA) is 41.9 Å². The third-order valence-corrected chi connectivity index (χ3v) is 3.34. The zero-order valence-electron chi connectivity index (χ0n) is 12.5. The molecule has 110 valence electrons. The van der Waals surface area contributed by atoms with Gasteiger partial charge in [0.05, 0.1) is 18.3 Å². The first-order valence-electron chi connectivity index (χ1n) is 7.31. The second kappa shape index (κ2) is 7.22. The molecule has 1 heterocycles. The van der Waals surface area contributed by atoms with E-state index in [1.54, 1.807) is 0 Å². The number of aliphatic hydroxyl groups is 1. The van der Waals surface area contributed by atoms with Gasteiger partial charge in [-0.05, 0) is 26.2 Å². The first kappa shape index (κ1) is 15.5. The molecule has 4 nitrogen and oxygen atoms in total. The average molecular weight is 277 g/mol. The van der Waals surface area contributed by atoms with Gasteiger partial charge in [0.25, 0.3) is 0 Å². The molecular formula is C15H24BNO3. The fourth-order valence-corrected chi connectivity index (χ4v) is 2.63. The summed E-state index contributed by atoms with van der Waals surface area (Å²) in [4.78, 5) is 2.20. The van der Waals surface area contributed by atoms with Crippen molar-refractivity contribution in [3.63, 3.8) is 0 Å². The maximum Gasteiger partial charge on any atom is 0.494 e. The molecule has 1 saturated heterocycles. The molecule has 3 unspecified atom stereocenters. The molecule has 0 aliphatic carbocycles. The van der Waals surface area contributed by atoms with Gasteiger partial charge < -0.3 is 14.4 Å². The minimum absolute atomic E-state index is 0.0615. The summed E-state index contributed by atoms with van der Waals surface area (Å²) >= 11 is 0. The van der Waals surface area contributed by atoms with Crippen LogP contribution in [-0.2, 0) is 9.31 Å². The molecular weight excluding hydrogens is 253 g/mol. The molecule has 1 aliphatic heterocycles. The van der Waals surface area contributed by atoms with E-state index in [-0.39, 0.29) is 25.4 Å². The zero-order valence-corrected chi connectivity index (χ0v) is 12.5. The summed E-state index contributed by atoms with van der Waals surface area (Å²) in [6, 6.07) is 10.0. The van der Waals surface area contributed by atoms with Gasteiger partial charge in [-0.25, -0.2) is 0 Å². The third kappa shape index (κ3) is 4.60. The highest BCUT2D eigenvalue weighted by molar-refractivity contribution is 6.61. The van der Waals surface area contributed by atoms with Crippen LogP contribution in [0.15, 0.2) is 30.3 Å². The van der Waals surface area contributed by atoms with Gasteiger partial charge in [-0.15, -0.1) is 0 Å². The van der Waals surface area contributed by atoms with Gasteiger partial charge >= 0.3 is 7.12 Å². The van der Waals surface area contributed by atoms with Gasteiger partial charge in [0.1, 0.15) is 0 Å². The fraction of sp³-hybridized carbons (Fsp3) is 0.600. The maximum atomic E-state index is 9.55. The van der Waals surface area contributed by atoms with Crippen molar-refractivity contribution in [2.45, 2.75) is 39.1 Å². The lowest BCUT2D eigenvalue weighted by atomic mass is 9.78. The lowest BCUT2D eigenvalue weighted by molar-refractivity contribution is 0.0224. The number of nitrogens with zero attached hydrogens (tertiary/aromatic N) is 1. The fourth-order valence-electron chi connectivity index (χ4n) is 2.63. The summed E-state index contributed by atoms with van der Waals surface area (Å²) in [5.41, 5.74) is 1.05. The van der Waals surface area contributed by atoms with Crippen LogP contribution < -0.4 is 5.46 Å². The predicted molar refractivity (Wildman–Crippen MR) is 81.0 cm³/mol. The lowest BCUT2D eigenvalue weighted by Crippen LogP contribution is -2.51. The Morgan fingerprint density at radius 3 is 2.25 bits per heavy atom. The lowest BCUT2D eigenvalue weighted by Gasteiger charge is -2.34. The molecule has 3 atom stereocenters. The van der Waals surface area contributed by atoms with Gasteiger partial charge in [0, 0.05) is 19.6 Å². The van der Waals surface area contributed by atoms with Crippen LogP contribution in [0.25, 0.3) is 0 Å². The smallest absolute Gasteiger partial charge is 0.403 e. The van der Waals surface area contributed by atoms with Crippen molar-refractivity contribution in [3.8, 4) is 0 Å². The summed E-state index contributed by atoms with van der Waals surface area (Å²) in [6.45, 7) is 8.17. The second-order valence-electron chi connectivity index (χ2n) is 5.70. The Hall–Kier alpha value is -0.875. The molecule has 5 heteroatoms. The molecule has 1 N–H and O–H groups in total. The Labute approximate surface area is 121 Å². The molecule has 1 aromatic rings. The zero-order chi connectivity index (χ0) is 14.5. The monoisotopic (exact) mass is 277 g/mol. The van der Waals surface area contributed by atoms with Gasteiger partial charge in [0.15, 0.2) is 0 Å². The van der Waals surface area contributed by atoms with Crippen LogP contribution in [0.2, 0.25) is 0 Å². The molecule has 0 amide bonds. The summed E-state index contributed by atoms with van der Waals surface area (Å²) in [7, 11) is -0.310. The first-order chi connectivity index (χ1) is 9.54. The van der Waals surface area contributed by atoms with Crippen molar-refractivity contribution in [1.82, 2.24) is 4.90 Å². The van der Waals surface area contributed by atoms with E-state index in [9.17, 15) is 5.11 Å². The number of aliphatic hydroxyl groups excluding tert-OH is 1. The van der Waals surface area contributed by atoms with Gasteiger partial charge in [-0.3, -0.25) is 4.90 Å². The molecule has 1 fully saturated rings. The normalized spacial score (nSPS) is 26.9. The quantitative estimate of drug-likeness (QED) is 0.833. The highest BCUT2D eigenvalue weighted by Gasteiger charge is 2.30. The number of benzene rings is 1. The Bertz CT molecular complexity index is 387. The van der Waals surface area contributed by atoms with Crippen LogP contribution >= 0.6 is 0 Å². The van der Waals surface area contributed by atoms with Crippen molar-refractivity contribution < 1.29 is 14.4 Å². The largest absolute Gasteiger partial charge is 0.494 e. The Kier molecular flexibility index (Phi) is 5.60. The maximum absolute atomic E-state index is 9.55. The van der Waals surface area contributed by atoms with E-state index in [0.717, 1.165) is 18.6 Å². The summed E-state index contributed by atoms with van der Waals surface area (Å²) in [6.07, 6.45) is -0.211. The predicted octanol–water partition coefficient (Wildman–Crippen LogP) is 0.888. The van der Waals surface area contributed by atoms with E-state index in [2.05, 4.69) is 4.90 Å². The summed E-state index contributed by atoms with van der Waals surface area (Å²) in [5.74, 6) is 0. The SMILES string of the molecule is CC(O)CN1CC(C)OB(c2ccccc2)OC(C)C1. The van der Waals surface area contributed by atoms with Gasteiger partial charge in [-0.1, -0.05) is 30.3 Å². The van der Waals surface area contributed by atoms with E-state index >= 15 is 0 Å². The van der Waals surface area contributed by atoms with Crippen LogP contribution in [0.4, 0.5) is 0 Å². The molecule has 2 rings (SSSR count). The van der Waals surface area contributed by atoms with Crippen molar-refractivity contribution in [3.05, 3.63) is 30.3 Å². The number of hydrogen-bond donors (Lipinski definition) is 1. The van der Waals surface area contributed by atoms with Crippen molar-refractivity contribution in [1.29, 1.82) is 0 Å². The molecule has 0 bridgehead atoms. The first-order valence-corrected chi connectivity index (χ1v) is 7.31. The second-order valence-corrected chi connectivity index (χ2v) is 5.70. The minimum atomic E-state index is -0.334. The van der Waals surface area contributed by atoms with Crippen LogP contribution in [0.5, 0.6) is 0 Å². The summed E-state index contributed by atoms with van der Waals surface area (Å²) < 4.78 is 12.0. The highest BCUT2D eigenvalue weighted by Crippen LogP contribution is 2.10. The van der Waals surface area contributed by atoms with E-state index in [0.29, 0.717) is 6.54 Å². The highest BCUT2D eigenvalue weighted by atomic mass is 16.6. The van der Waals surface area contributed by atoms with Crippen LogP contribution in [0.3, 0.4) is 0 Å². The average Bonchev–Trinajstić information content (AvgIpc) is 2.36. The number of rotatable bonds is 3. The molecule has 0 radical (unpaired) electrons. The molecule has 1 aliphatic rings. The number of hydrogen-bond acceptors (Lipinski definition) is 4. The van der Waals surface area contributed by atoms with E-state index < -0.39 is 0 Å². The van der Waals surface area contributed by atoms with Crippen LogP contribution in [-0.4, -0.2) is 55.1 Å². The molecule has 1 aromatic carbocycles. The Morgan fingerprint density at radius 1 is 1.20 bits per heavy atom. The van der Waals surface area contributed by atoms with E-state index in [1.165, 1.54) is 0 Å². The molecule has 0 spiro atoms. The third-order valence-electron chi connectivity index (χ3n) is 3.34. The molecule has 0 aromatic heterocycles. The van der Waals surface area contributed by atoms with Crippen molar-refractivity contribution in [2.24, 2.45) is 0 Å². The van der Waals surface area contributed by atoms with Gasteiger partial charge in [-0.2, -0.15) is 0 Å². The van der Waals surface area contributed by atoms with Crippen molar-refractivity contribution in [2.75, 3.05) is 19.6 Å². The number of β-amino-alcohol motifs (C(OH)–C–C–N with tert-alkyl or cyclic N) is 1. The van der Waals surface area contributed by atoms with Crippen molar-refractivity contribution >= 4 is 12.6 Å². The Morgan fingerprint density at radius 2 is 1.75 bits per heavy atom. The Balaban J connectivity index is 2.04. The summed E-state index contributed by atoms with van der Waals surface area (Å²) in [5, 5.41) is 9.55.